The molecule has 3 rings (SSSR count). The number of aromatic hydroxyl groups is 1. The van der Waals surface area contributed by atoms with Gasteiger partial charge in [-0.2, -0.15) is 0 Å². The lowest BCUT2D eigenvalue weighted by Gasteiger charge is -2.42. The van der Waals surface area contributed by atoms with Gasteiger partial charge in [0.2, 0.25) is 41.4 Å². The summed E-state index contributed by atoms with van der Waals surface area (Å²) in [6.45, 7) is 13.6. The summed E-state index contributed by atoms with van der Waals surface area (Å²) in [6, 6.07) is -2.53. The van der Waals surface area contributed by atoms with Crippen LogP contribution in [0.25, 0.3) is 0 Å². The number of carbonyl (C=O) groups excluding carboxylic acids is 7. The number of guanidine groups is 1. The molecule has 382 valence electrons. The second-order valence-electron chi connectivity index (χ2n) is 18.6. The van der Waals surface area contributed by atoms with E-state index in [2.05, 4.69) is 46.9 Å². The highest BCUT2D eigenvalue weighted by atomic mass is 16.4. The maximum absolute atomic E-state index is 14.5. The SMILES string of the molecule is CCC(C)[C@H](NC(=O)[C@@H]1CCN1C(=O)[C@H](Cc1cnc[nH]1)NC(=O)[C@@H](NC(=O)[C@H](Cc1ccc(O)cc1)NC(=O)[C@@H](NC(=O)[C@H](CCCN=C(N)N)NC(=O)C(C)(C)N)C(C)C)C(C)CC)C(=O)O. The highest BCUT2D eigenvalue weighted by Gasteiger charge is 2.43. The largest absolute Gasteiger partial charge is 0.508 e. The number of nitrogens with two attached hydrogens (primary N) is 3. The number of H-pyrrole nitrogens is 1. The summed E-state index contributed by atoms with van der Waals surface area (Å²) in [4.78, 5) is 122. The average Bonchev–Trinajstić information content (AvgIpc) is 3.79. The molecule has 1 aromatic heterocycles. The van der Waals surface area contributed by atoms with E-state index in [4.69, 9.17) is 17.2 Å². The van der Waals surface area contributed by atoms with Crippen molar-refractivity contribution in [1.29, 1.82) is 0 Å². The molecule has 0 spiro atoms. The minimum absolute atomic E-state index is 0.0437. The summed E-state index contributed by atoms with van der Waals surface area (Å²) >= 11 is 0. The molecule has 1 aliphatic rings. The summed E-state index contributed by atoms with van der Waals surface area (Å²) in [5.41, 5.74) is 16.5. The van der Waals surface area contributed by atoms with Crippen LogP contribution in [0.2, 0.25) is 0 Å². The van der Waals surface area contributed by atoms with Crippen LogP contribution in [-0.4, -0.2) is 139 Å². The number of benzene rings is 1. The maximum atomic E-state index is 14.5. The predicted octanol–water partition coefficient (Wildman–Crippen LogP) is -0.966. The van der Waals surface area contributed by atoms with E-state index in [0.29, 0.717) is 24.1 Å². The zero-order chi connectivity index (χ0) is 51.7. The molecule has 2 unspecified atom stereocenters. The number of hydrogen-bond donors (Lipinski definition) is 12. The summed E-state index contributed by atoms with van der Waals surface area (Å²) in [7, 11) is 0. The molecule has 69 heavy (non-hydrogen) atoms. The van der Waals surface area contributed by atoms with E-state index in [1.54, 1.807) is 53.7 Å². The third-order valence-electron chi connectivity index (χ3n) is 12.2. The number of rotatable bonds is 27. The second kappa shape index (κ2) is 26.1. The van der Waals surface area contributed by atoms with E-state index in [1.807, 2.05) is 0 Å². The number of aromatic amines is 1. The first-order valence-electron chi connectivity index (χ1n) is 23.3. The molecule has 1 saturated heterocycles. The van der Waals surface area contributed by atoms with Gasteiger partial charge < -0.3 is 69.2 Å². The van der Waals surface area contributed by atoms with Crippen LogP contribution in [0.5, 0.6) is 5.75 Å². The van der Waals surface area contributed by atoms with E-state index in [9.17, 15) is 48.6 Å². The fourth-order valence-corrected chi connectivity index (χ4v) is 7.33. The first kappa shape index (κ1) is 56.5. The Labute approximate surface area is 402 Å². The van der Waals surface area contributed by atoms with Gasteiger partial charge in [0.1, 0.15) is 48.0 Å². The van der Waals surface area contributed by atoms with Crippen molar-refractivity contribution in [1.82, 2.24) is 46.8 Å². The van der Waals surface area contributed by atoms with Crippen molar-refractivity contribution in [2.24, 2.45) is 39.9 Å². The highest BCUT2D eigenvalue weighted by molar-refractivity contribution is 5.98. The van der Waals surface area contributed by atoms with Crippen LogP contribution >= 0.6 is 0 Å². The van der Waals surface area contributed by atoms with Gasteiger partial charge in [0.15, 0.2) is 5.96 Å². The number of likely N-dealkylation sites (tertiary alicyclic amines) is 1. The Hall–Kier alpha value is -6.78. The van der Waals surface area contributed by atoms with Gasteiger partial charge in [-0.25, -0.2) is 9.78 Å². The van der Waals surface area contributed by atoms with Gasteiger partial charge in [-0.15, -0.1) is 0 Å². The number of aromatic nitrogens is 2. The molecule has 1 aliphatic heterocycles. The molecule has 0 bridgehead atoms. The van der Waals surface area contributed by atoms with E-state index in [-0.39, 0.29) is 62.8 Å². The van der Waals surface area contributed by atoms with Crippen LogP contribution in [0.1, 0.15) is 98.8 Å². The first-order valence-corrected chi connectivity index (χ1v) is 23.3. The van der Waals surface area contributed by atoms with Crippen molar-refractivity contribution in [3.05, 3.63) is 48.0 Å². The lowest BCUT2D eigenvalue weighted by molar-refractivity contribution is -0.152. The predicted molar refractivity (Wildman–Crippen MR) is 255 cm³/mol. The molecule has 23 nitrogen and oxygen atoms in total. The molecule has 0 saturated carbocycles. The van der Waals surface area contributed by atoms with Crippen LogP contribution in [0, 0.1) is 17.8 Å². The lowest BCUT2D eigenvalue weighted by Crippen LogP contribution is -2.65. The molecule has 7 amide bonds. The number of aliphatic imine (C=N–C) groups is 1. The van der Waals surface area contributed by atoms with Gasteiger partial charge in [-0.05, 0) is 68.6 Å². The number of carbonyl (C=O) groups is 8. The molecule has 0 radical (unpaired) electrons. The quantitative estimate of drug-likeness (QED) is 0.0292. The number of imidazole rings is 1. The fourth-order valence-electron chi connectivity index (χ4n) is 7.33. The van der Waals surface area contributed by atoms with Crippen LogP contribution in [-0.2, 0) is 51.2 Å². The smallest absolute Gasteiger partial charge is 0.326 e. The fraction of sp³-hybridized carbons (Fsp3) is 0.609. The molecule has 15 N–H and O–H groups in total. The number of phenolic OH excluding ortho intramolecular Hbond substituents is 1. The minimum atomic E-state index is -1.36. The number of aliphatic carboxylic acids is 1. The number of amides is 7. The van der Waals surface area contributed by atoms with Crippen LogP contribution in [0.15, 0.2) is 41.8 Å². The normalized spacial score (nSPS) is 17.0. The third kappa shape index (κ3) is 17.0. The zero-order valence-electron chi connectivity index (χ0n) is 40.8. The summed E-state index contributed by atoms with van der Waals surface area (Å²) in [5.74, 6) is -7.74. The number of hydrogen-bond acceptors (Lipinski definition) is 12. The minimum Gasteiger partial charge on any atom is -0.508 e. The molecule has 1 aromatic carbocycles. The van der Waals surface area contributed by atoms with E-state index >= 15 is 0 Å². The Kier molecular flexibility index (Phi) is 21.4. The lowest BCUT2D eigenvalue weighted by atomic mass is 9.94. The summed E-state index contributed by atoms with van der Waals surface area (Å²) < 4.78 is 0. The van der Waals surface area contributed by atoms with Gasteiger partial charge in [0.05, 0.1) is 11.9 Å². The molecule has 1 fully saturated rings. The van der Waals surface area contributed by atoms with Gasteiger partial charge in [-0.1, -0.05) is 66.5 Å². The average molecular weight is 968 g/mol. The Morgan fingerprint density at radius 1 is 0.797 bits per heavy atom. The number of carboxylic acids is 1. The van der Waals surface area contributed by atoms with Gasteiger partial charge >= 0.3 is 5.97 Å². The van der Waals surface area contributed by atoms with E-state index in [0.717, 1.165) is 0 Å². The van der Waals surface area contributed by atoms with E-state index < -0.39 is 107 Å². The van der Waals surface area contributed by atoms with Gasteiger partial charge in [-0.3, -0.25) is 38.6 Å². The molecule has 23 heteroatoms. The number of nitrogens with zero attached hydrogens (tertiary/aromatic N) is 3. The van der Waals surface area contributed by atoms with Gasteiger partial charge in [0.25, 0.3) is 0 Å². The van der Waals surface area contributed by atoms with Crippen LogP contribution < -0.4 is 49.1 Å². The standard InChI is InChI=1S/C46H73N13O10/c1-9-25(5)35(41(65)54-32(21-28-22-50-23-52-28)42(66)59-19-17-33(59)39(63)58-36(43(67)68)26(6)10-2)57-38(62)31(20-27-13-15-29(60)16-14-27)53-40(64)34(24(3)4)56-37(61)30(12-11-18-51-45(47)48)55-44(69)46(7,8)49/h13-16,22-26,30-36,60H,9-12,17-21,49H2,1-8H3,(H,50,52)(H,53,64)(H,54,65)(H,55,69)(H,56,61)(H,57,62)(H,58,63)(H,67,68)(H4,47,48,51)/t25?,26?,30-,31-,32-,33-,34-,35-,36-/m0/s1. The van der Waals surface area contributed by atoms with Crippen molar-refractivity contribution in [3.8, 4) is 5.75 Å². The Balaban J connectivity index is 1.92. The summed E-state index contributed by atoms with van der Waals surface area (Å²) in [6.07, 6.45) is 4.16. The molecule has 2 heterocycles. The van der Waals surface area contributed by atoms with E-state index in [1.165, 1.54) is 43.4 Å². The molecule has 2 aromatic rings. The molecular formula is C46H73N13O10. The van der Waals surface area contributed by atoms with Crippen molar-refractivity contribution < 1.29 is 48.6 Å². The molecule has 0 aliphatic carbocycles. The van der Waals surface area contributed by atoms with Crippen molar-refractivity contribution >= 4 is 53.3 Å². The van der Waals surface area contributed by atoms with Crippen LogP contribution in [0.4, 0.5) is 0 Å². The van der Waals surface area contributed by atoms with Crippen LogP contribution in [0.3, 0.4) is 0 Å². The van der Waals surface area contributed by atoms with Gasteiger partial charge in [0, 0.05) is 37.8 Å². The molecular weight excluding hydrogens is 895 g/mol. The Morgan fingerprint density at radius 2 is 1.38 bits per heavy atom. The summed E-state index contributed by atoms with van der Waals surface area (Å²) in [5, 5.41) is 36.0. The monoisotopic (exact) mass is 968 g/mol. The number of phenols is 1. The third-order valence-corrected chi connectivity index (χ3v) is 12.2. The first-order chi connectivity index (χ1) is 32.4. The van der Waals surface area contributed by atoms with Crippen molar-refractivity contribution in [2.75, 3.05) is 13.1 Å². The Bertz CT molecular complexity index is 2110. The van der Waals surface area contributed by atoms with Crippen molar-refractivity contribution in [3.63, 3.8) is 0 Å². The number of nitrogens with one attached hydrogen (secondary N) is 7. The Morgan fingerprint density at radius 3 is 1.90 bits per heavy atom. The topological polar surface area (TPSA) is 372 Å². The second-order valence-corrected chi connectivity index (χ2v) is 18.6. The molecule has 9 atom stereocenters. The maximum Gasteiger partial charge on any atom is 0.326 e. The zero-order valence-corrected chi connectivity index (χ0v) is 40.8. The highest BCUT2D eigenvalue weighted by Crippen LogP contribution is 2.22. The number of carboxylic acid groups (broad SMARTS) is 1. The van der Waals surface area contributed by atoms with Crippen molar-refractivity contribution in [2.45, 2.75) is 148 Å².